The summed E-state index contributed by atoms with van der Waals surface area (Å²) in [4.78, 5) is 48.4. The molecule has 0 saturated carbocycles. The predicted octanol–water partition coefficient (Wildman–Crippen LogP) is 2.77. The van der Waals surface area contributed by atoms with Gasteiger partial charge in [-0.05, 0) is 48.2 Å². The molecule has 3 rings (SSSR count). The topological polar surface area (TPSA) is 124 Å². The second-order valence-corrected chi connectivity index (χ2v) is 6.75. The van der Waals surface area contributed by atoms with Gasteiger partial charge in [-0.25, -0.2) is 4.79 Å². The van der Waals surface area contributed by atoms with E-state index in [1.54, 1.807) is 18.2 Å². The first-order valence-corrected chi connectivity index (χ1v) is 8.83. The second kappa shape index (κ2) is 7.97. The molecule has 0 spiro atoms. The van der Waals surface area contributed by atoms with Gasteiger partial charge in [-0.3, -0.25) is 19.3 Å². The van der Waals surface area contributed by atoms with Crippen molar-refractivity contribution in [3.63, 3.8) is 0 Å². The Kier molecular flexibility index (Phi) is 5.46. The Morgan fingerprint density at radius 1 is 1.07 bits per heavy atom. The van der Waals surface area contributed by atoms with Crippen LogP contribution >= 0.6 is 11.8 Å². The standard InChI is InChI=1S/C19H14N2O6S/c22-14-4-2-1-3-12(14)9-15-17(24)21(19(27)28-15)10-16(23)20-13-7-5-11(6-8-13)18(25)26/h1-9,22H,10H2,(H,20,23)(H,25,26)/b15-9-. The van der Waals surface area contributed by atoms with E-state index in [1.165, 1.54) is 36.4 Å². The molecule has 0 aliphatic carbocycles. The molecule has 2 aromatic carbocycles. The molecular formula is C19H14N2O6S. The van der Waals surface area contributed by atoms with Gasteiger partial charge in [0.05, 0.1) is 10.5 Å². The number of aromatic hydroxyl groups is 1. The molecule has 142 valence electrons. The van der Waals surface area contributed by atoms with Crippen molar-refractivity contribution in [2.24, 2.45) is 0 Å². The van der Waals surface area contributed by atoms with Crippen molar-refractivity contribution in [3.8, 4) is 5.75 Å². The van der Waals surface area contributed by atoms with Crippen LogP contribution < -0.4 is 5.32 Å². The molecule has 1 heterocycles. The van der Waals surface area contributed by atoms with E-state index in [0.717, 1.165) is 4.90 Å². The highest BCUT2D eigenvalue weighted by molar-refractivity contribution is 8.18. The number of phenolic OH excluding ortho intramolecular Hbond substituents is 1. The lowest BCUT2D eigenvalue weighted by Gasteiger charge is -2.12. The van der Waals surface area contributed by atoms with Gasteiger partial charge in [0, 0.05) is 11.3 Å². The van der Waals surface area contributed by atoms with Crippen molar-refractivity contribution in [1.29, 1.82) is 0 Å². The third-order valence-electron chi connectivity index (χ3n) is 3.81. The van der Waals surface area contributed by atoms with E-state index in [1.807, 2.05) is 0 Å². The molecule has 0 atom stereocenters. The zero-order chi connectivity index (χ0) is 20.3. The zero-order valence-corrected chi connectivity index (χ0v) is 15.1. The number of carboxylic acid groups (broad SMARTS) is 1. The van der Waals surface area contributed by atoms with E-state index in [4.69, 9.17) is 5.11 Å². The lowest BCUT2D eigenvalue weighted by molar-refractivity contribution is -0.127. The summed E-state index contributed by atoms with van der Waals surface area (Å²) in [5, 5.41) is 20.6. The van der Waals surface area contributed by atoms with Gasteiger partial charge >= 0.3 is 5.97 Å². The van der Waals surface area contributed by atoms with Crippen LogP contribution in [0.5, 0.6) is 5.75 Å². The molecule has 1 fully saturated rings. The fraction of sp³-hybridized carbons (Fsp3) is 0.0526. The van der Waals surface area contributed by atoms with Crippen LogP contribution in [-0.4, -0.2) is 44.7 Å². The first-order valence-electron chi connectivity index (χ1n) is 8.02. The Morgan fingerprint density at radius 3 is 2.39 bits per heavy atom. The quantitative estimate of drug-likeness (QED) is 0.662. The number of benzene rings is 2. The summed E-state index contributed by atoms with van der Waals surface area (Å²) < 4.78 is 0. The maximum Gasteiger partial charge on any atom is 0.335 e. The van der Waals surface area contributed by atoms with Crippen molar-refractivity contribution < 1.29 is 29.4 Å². The number of anilines is 1. The summed E-state index contributed by atoms with van der Waals surface area (Å²) in [6, 6.07) is 11.8. The Morgan fingerprint density at radius 2 is 1.75 bits per heavy atom. The van der Waals surface area contributed by atoms with E-state index in [9.17, 15) is 24.3 Å². The molecular weight excluding hydrogens is 384 g/mol. The smallest absolute Gasteiger partial charge is 0.335 e. The first-order chi connectivity index (χ1) is 13.3. The average Bonchev–Trinajstić information content (AvgIpc) is 2.91. The number of nitrogens with one attached hydrogen (secondary N) is 1. The van der Waals surface area contributed by atoms with Gasteiger partial charge in [0.15, 0.2) is 0 Å². The molecule has 2 aromatic rings. The highest BCUT2D eigenvalue weighted by Crippen LogP contribution is 2.33. The lowest BCUT2D eigenvalue weighted by atomic mass is 10.2. The minimum atomic E-state index is -1.09. The van der Waals surface area contributed by atoms with Crippen LogP contribution in [0.25, 0.3) is 6.08 Å². The average molecular weight is 398 g/mol. The maximum atomic E-state index is 12.4. The number of carbonyl (C=O) groups is 4. The lowest BCUT2D eigenvalue weighted by Crippen LogP contribution is -2.36. The summed E-state index contributed by atoms with van der Waals surface area (Å²) in [5.74, 6) is -2.35. The molecule has 9 heteroatoms. The number of hydrogen-bond acceptors (Lipinski definition) is 6. The third-order valence-corrected chi connectivity index (χ3v) is 4.72. The van der Waals surface area contributed by atoms with Crippen LogP contribution in [0, 0.1) is 0 Å². The van der Waals surface area contributed by atoms with Crippen LogP contribution in [0.2, 0.25) is 0 Å². The van der Waals surface area contributed by atoms with Crippen LogP contribution in [0.3, 0.4) is 0 Å². The Bertz CT molecular complexity index is 1000. The molecule has 1 aliphatic rings. The fourth-order valence-corrected chi connectivity index (χ4v) is 3.26. The fourth-order valence-electron chi connectivity index (χ4n) is 2.43. The third kappa shape index (κ3) is 4.21. The number of thioether (sulfide) groups is 1. The van der Waals surface area contributed by atoms with Crippen molar-refractivity contribution >= 4 is 46.5 Å². The number of nitrogens with zero attached hydrogens (tertiary/aromatic N) is 1. The van der Waals surface area contributed by atoms with E-state index in [0.29, 0.717) is 23.0 Å². The Labute approximate surface area is 163 Å². The van der Waals surface area contributed by atoms with Crippen molar-refractivity contribution in [1.82, 2.24) is 4.90 Å². The molecule has 8 nitrogen and oxygen atoms in total. The molecule has 0 unspecified atom stereocenters. The van der Waals surface area contributed by atoms with Crippen molar-refractivity contribution in [2.45, 2.75) is 0 Å². The maximum absolute atomic E-state index is 12.4. The van der Waals surface area contributed by atoms with E-state index >= 15 is 0 Å². The number of amides is 3. The summed E-state index contributed by atoms with van der Waals surface area (Å²) in [5.41, 5.74) is 0.793. The van der Waals surface area contributed by atoms with Gasteiger partial charge in [0.25, 0.3) is 11.1 Å². The van der Waals surface area contributed by atoms with E-state index in [2.05, 4.69) is 5.32 Å². The minimum absolute atomic E-state index is 0.0307. The van der Waals surface area contributed by atoms with Crippen LogP contribution in [0.1, 0.15) is 15.9 Å². The number of aromatic carboxylic acids is 1. The summed E-state index contributed by atoms with van der Waals surface area (Å²) in [7, 11) is 0. The molecule has 3 amide bonds. The largest absolute Gasteiger partial charge is 0.507 e. The van der Waals surface area contributed by atoms with E-state index < -0.39 is 29.6 Å². The Hall–Kier alpha value is -3.59. The second-order valence-electron chi connectivity index (χ2n) is 5.76. The number of carbonyl (C=O) groups excluding carboxylic acids is 3. The molecule has 1 saturated heterocycles. The van der Waals surface area contributed by atoms with Crippen molar-refractivity contribution in [2.75, 3.05) is 11.9 Å². The zero-order valence-electron chi connectivity index (χ0n) is 14.3. The SMILES string of the molecule is O=C(CN1C(=O)S/C(=C\c2ccccc2O)C1=O)Nc1ccc(C(=O)O)cc1. The van der Waals surface area contributed by atoms with Gasteiger partial charge in [0.2, 0.25) is 5.91 Å². The van der Waals surface area contributed by atoms with Gasteiger partial charge in [-0.1, -0.05) is 18.2 Å². The molecule has 28 heavy (non-hydrogen) atoms. The van der Waals surface area contributed by atoms with Gasteiger partial charge in [0.1, 0.15) is 12.3 Å². The molecule has 0 aromatic heterocycles. The predicted molar refractivity (Wildman–Crippen MR) is 103 cm³/mol. The van der Waals surface area contributed by atoms with Crippen LogP contribution in [-0.2, 0) is 9.59 Å². The molecule has 0 radical (unpaired) electrons. The summed E-state index contributed by atoms with van der Waals surface area (Å²) >= 11 is 0.681. The normalized spacial score (nSPS) is 15.1. The van der Waals surface area contributed by atoms with Gasteiger partial charge < -0.3 is 15.5 Å². The number of para-hydroxylation sites is 1. The van der Waals surface area contributed by atoms with Crippen molar-refractivity contribution in [3.05, 3.63) is 64.6 Å². The molecule has 3 N–H and O–H groups in total. The summed E-state index contributed by atoms with van der Waals surface area (Å²) in [6.07, 6.45) is 1.39. The number of imide groups is 1. The van der Waals surface area contributed by atoms with Crippen LogP contribution in [0.15, 0.2) is 53.4 Å². The molecule has 1 aliphatic heterocycles. The number of rotatable bonds is 5. The number of hydrogen-bond donors (Lipinski definition) is 3. The van der Waals surface area contributed by atoms with Gasteiger partial charge in [-0.15, -0.1) is 0 Å². The number of carboxylic acids is 1. The Balaban J connectivity index is 1.68. The highest BCUT2D eigenvalue weighted by atomic mass is 32.2. The number of phenols is 1. The van der Waals surface area contributed by atoms with Crippen LogP contribution in [0.4, 0.5) is 10.5 Å². The van der Waals surface area contributed by atoms with Gasteiger partial charge in [-0.2, -0.15) is 0 Å². The van der Waals surface area contributed by atoms with E-state index in [-0.39, 0.29) is 16.2 Å². The monoisotopic (exact) mass is 398 g/mol. The minimum Gasteiger partial charge on any atom is -0.507 e. The molecule has 0 bridgehead atoms. The first kappa shape index (κ1) is 19.2. The summed E-state index contributed by atoms with van der Waals surface area (Å²) in [6.45, 7) is -0.483. The highest BCUT2D eigenvalue weighted by Gasteiger charge is 2.36.